The fraction of sp³-hybridized carbons (Fsp3) is 0.750. The van der Waals surface area contributed by atoms with Crippen molar-refractivity contribution in [2.24, 2.45) is 11.5 Å². The van der Waals surface area contributed by atoms with Crippen LogP contribution in [0.3, 0.4) is 0 Å². The van der Waals surface area contributed by atoms with Gasteiger partial charge in [-0.25, -0.2) is 0 Å². The molecule has 0 heterocycles. The SMILES string of the molecule is NCCCCC(=O)NCC(O)C(N)=O. The highest BCUT2D eigenvalue weighted by molar-refractivity contribution is 5.80. The summed E-state index contributed by atoms with van der Waals surface area (Å²) in [5.41, 5.74) is 10.0. The number of amides is 2. The maximum absolute atomic E-state index is 11.0. The first kappa shape index (κ1) is 12.9. The summed E-state index contributed by atoms with van der Waals surface area (Å²) >= 11 is 0. The molecule has 0 aromatic carbocycles. The zero-order chi connectivity index (χ0) is 11.0. The van der Waals surface area contributed by atoms with E-state index in [0.29, 0.717) is 19.4 Å². The summed E-state index contributed by atoms with van der Waals surface area (Å²) in [5.74, 6) is -1.05. The minimum absolute atomic E-state index is 0.128. The molecule has 82 valence electrons. The van der Waals surface area contributed by atoms with E-state index >= 15 is 0 Å². The van der Waals surface area contributed by atoms with Crippen LogP contribution in [-0.4, -0.2) is 36.1 Å². The molecule has 14 heavy (non-hydrogen) atoms. The van der Waals surface area contributed by atoms with Gasteiger partial charge in [-0.2, -0.15) is 0 Å². The number of nitrogens with two attached hydrogens (primary N) is 2. The first-order chi connectivity index (χ1) is 6.57. The number of primary amides is 1. The van der Waals surface area contributed by atoms with Gasteiger partial charge in [0.25, 0.3) is 0 Å². The summed E-state index contributed by atoms with van der Waals surface area (Å²) in [7, 11) is 0. The topological polar surface area (TPSA) is 118 Å². The molecule has 0 spiro atoms. The largest absolute Gasteiger partial charge is 0.381 e. The average Bonchev–Trinajstić information content (AvgIpc) is 2.14. The Labute approximate surface area is 82.6 Å². The lowest BCUT2D eigenvalue weighted by Crippen LogP contribution is -2.39. The van der Waals surface area contributed by atoms with Crippen LogP contribution in [0.25, 0.3) is 0 Å². The maximum Gasteiger partial charge on any atom is 0.248 e. The summed E-state index contributed by atoms with van der Waals surface area (Å²) in [5, 5.41) is 11.3. The lowest BCUT2D eigenvalue weighted by molar-refractivity contribution is -0.127. The number of hydrogen-bond donors (Lipinski definition) is 4. The molecule has 0 fully saturated rings. The van der Waals surface area contributed by atoms with Crippen molar-refractivity contribution in [2.75, 3.05) is 13.1 Å². The predicted molar refractivity (Wildman–Crippen MR) is 51.1 cm³/mol. The summed E-state index contributed by atoms with van der Waals surface area (Å²) in [6, 6.07) is 0. The second-order valence-corrected chi connectivity index (χ2v) is 2.97. The van der Waals surface area contributed by atoms with E-state index in [1.807, 2.05) is 0 Å². The van der Waals surface area contributed by atoms with Crippen molar-refractivity contribution < 1.29 is 14.7 Å². The van der Waals surface area contributed by atoms with Crippen LogP contribution in [0.4, 0.5) is 0 Å². The molecular formula is C8H17N3O3. The maximum atomic E-state index is 11.0. The summed E-state index contributed by atoms with van der Waals surface area (Å²) in [4.78, 5) is 21.4. The van der Waals surface area contributed by atoms with Gasteiger partial charge in [0.2, 0.25) is 11.8 Å². The Balaban J connectivity index is 3.48. The number of rotatable bonds is 7. The molecule has 0 aliphatic heterocycles. The molecule has 0 rings (SSSR count). The highest BCUT2D eigenvalue weighted by Gasteiger charge is 2.11. The molecule has 6 heteroatoms. The molecule has 6 nitrogen and oxygen atoms in total. The van der Waals surface area contributed by atoms with Crippen molar-refractivity contribution in [1.29, 1.82) is 0 Å². The molecule has 2 amide bonds. The zero-order valence-electron chi connectivity index (χ0n) is 8.03. The van der Waals surface area contributed by atoms with Crippen molar-refractivity contribution in [3.05, 3.63) is 0 Å². The monoisotopic (exact) mass is 203 g/mol. The van der Waals surface area contributed by atoms with Crippen LogP contribution >= 0.6 is 0 Å². The van der Waals surface area contributed by atoms with Gasteiger partial charge in [0.05, 0.1) is 6.54 Å². The van der Waals surface area contributed by atoms with Crippen LogP contribution in [0.2, 0.25) is 0 Å². The van der Waals surface area contributed by atoms with Gasteiger partial charge >= 0.3 is 0 Å². The van der Waals surface area contributed by atoms with Crippen molar-refractivity contribution in [1.82, 2.24) is 5.32 Å². The van der Waals surface area contributed by atoms with Crippen LogP contribution in [0.1, 0.15) is 19.3 Å². The lowest BCUT2D eigenvalue weighted by Gasteiger charge is -2.07. The number of unbranched alkanes of at least 4 members (excludes halogenated alkanes) is 1. The lowest BCUT2D eigenvalue weighted by atomic mass is 10.2. The van der Waals surface area contributed by atoms with E-state index in [-0.39, 0.29) is 12.5 Å². The van der Waals surface area contributed by atoms with E-state index < -0.39 is 12.0 Å². The standard InChI is InChI=1S/C8H17N3O3/c9-4-2-1-3-7(13)11-5-6(12)8(10)14/h6,12H,1-5,9H2,(H2,10,14)(H,11,13). The number of aliphatic hydroxyl groups is 1. The normalized spacial score (nSPS) is 12.1. The third-order valence-electron chi connectivity index (χ3n) is 1.68. The molecular weight excluding hydrogens is 186 g/mol. The van der Waals surface area contributed by atoms with Gasteiger partial charge in [0, 0.05) is 6.42 Å². The Bertz CT molecular complexity index is 196. The molecule has 0 radical (unpaired) electrons. The zero-order valence-corrected chi connectivity index (χ0v) is 8.03. The minimum atomic E-state index is -1.31. The first-order valence-corrected chi connectivity index (χ1v) is 4.52. The second kappa shape index (κ2) is 7.28. The van der Waals surface area contributed by atoms with Gasteiger partial charge in [-0.1, -0.05) is 0 Å². The smallest absolute Gasteiger partial charge is 0.248 e. The van der Waals surface area contributed by atoms with E-state index in [0.717, 1.165) is 6.42 Å². The third-order valence-corrected chi connectivity index (χ3v) is 1.68. The molecule has 1 unspecified atom stereocenters. The molecule has 1 atom stereocenters. The Morgan fingerprint density at radius 3 is 2.50 bits per heavy atom. The minimum Gasteiger partial charge on any atom is -0.381 e. The number of nitrogens with one attached hydrogen (secondary N) is 1. The highest BCUT2D eigenvalue weighted by atomic mass is 16.3. The number of carbonyl (C=O) groups is 2. The van der Waals surface area contributed by atoms with E-state index in [2.05, 4.69) is 5.32 Å². The molecule has 0 bridgehead atoms. The molecule has 0 saturated carbocycles. The Kier molecular flexibility index (Phi) is 6.69. The van der Waals surface area contributed by atoms with Crippen molar-refractivity contribution in [2.45, 2.75) is 25.4 Å². The van der Waals surface area contributed by atoms with Gasteiger partial charge in [0.15, 0.2) is 0 Å². The fourth-order valence-electron chi connectivity index (χ4n) is 0.829. The molecule has 0 aromatic rings. The van der Waals surface area contributed by atoms with Crippen LogP contribution in [-0.2, 0) is 9.59 Å². The summed E-state index contributed by atoms with van der Waals surface area (Å²) in [6.07, 6.45) is 0.525. The Hall–Kier alpha value is -1.14. The molecule has 0 aliphatic rings. The van der Waals surface area contributed by atoms with Gasteiger partial charge < -0.3 is 21.9 Å². The Morgan fingerprint density at radius 2 is 2.00 bits per heavy atom. The van der Waals surface area contributed by atoms with Crippen LogP contribution in [0.5, 0.6) is 0 Å². The molecule has 0 aliphatic carbocycles. The van der Waals surface area contributed by atoms with E-state index in [1.54, 1.807) is 0 Å². The van der Waals surface area contributed by atoms with E-state index in [9.17, 15) is 9.59 Å². The molecule has 0 aromatic heterocycles. The van der Waals surface area contributed by atoms with Crippen LogP contribution in [0, 0.1) is 0 Å². The van der Waals surface area contributed by atoms with Gasteiger partial charge in [-0.05, 0) is 19.4 Å². The van der Waals surface area contributed by atoms with Crippen molar-refractivity contribution >= 4 is 11.8 Å². The quantitative estimate of drug-likeness (QED) is 0.360. The van der Waals surface area contributed by atoms with E-state index in [4.69, 9.17) is 16.6 Å². The highest BCUT2D eigenvalue weighted by Crippen LogP contribution is 1.92. The molecule has 0 saturated heterocycles. The predicted octanol–water partition coefficient (Wildman–Crippen LogP) is -1.92. The third kappa shape index (κ3) is 6.38. The summed E-state index contributed by atoms with van der Waals surface area (Å²) < 4.78 is 0. The van der Waals surface area contributed by atoms with Crippen molar-refractivity contribution in [3.63, 3.8) is 0 Å². The van der Waals surface area contributed by atoms with Crippen molar-refractivity contribution in [3.8, 4) is 0 Å². The first-order valence-electron chi connectivity index (χ1n) is 4.52. The van der Waals surface area contributed by atoms with Gasteiger partial charge in [-0.15, -0.1) is 0 Å². The van der Waals surface area contributed by atoms with Gasteiger partial charge in [-0.3, -0.25) is 9.59 Å². The van der Waals surface area contributed by atoms with E-state index in [1.165, 1.54) is 0 Å². The summed E-state index contributed by atoms with van der Waals surface area (Å²) in [6.45, 7) is 0.425. The second-order valence-electron chi connectivity index (χ2n) is 2.97. The number of aliphatic hydroxyl groups excluding tert-OH is 1. The van der Waals surface area contributed by atoms with Gasteiger partial charge in [0.1, 0.15) is 6.10 Å². The molecule has 6 N–H and O–H groups in total. The fourth-order valence-corrected chi connectivity index (χ4v) is 0.829. The average molecular weight is 203 g/mol. The van der Waals surface area contributed by atoms with Crippen LogP contribution in [0.15, 0.2) is 0 Å². The number of hydrogen-bond acceptors (Lipinski definition) is 4. The number of carbonyl (C=O) groups excluding carboxylic acids is 2. The Morgan fingerprint density at radius 1 is 1.36 bits per heavy atom. The van der Waals surface area contributed by atoms with Crippen LogP contribution < -0.4 is 16.8 Å².